The molecule has 198 valence electrons. The van der Waals surface area contributed by atoms with E-state index < -0.39 is 11.9 Å². The van der Waals surface area contributed by atoms with Gasteiger partial charge >= 0.3 is 5.97 Å². The number of ether oxygens (including phenoxy) is 2. The summed E-state index contributed by atoms with van der Waals surface area (Å²) in [6.45, 7) is 8.78. The van der Waals surface area contributed by atoms with Crippen molar-refractivity contribution in [2.45, 2.75) is 59.1 Å². The topological polar surface area (TPSA) is 99.4 Å². The van der Waals surface area contributed by atoms with Gasteiger partial charge in [-0.05, 0) is 74.9 Å². The molecule has 2 heterocycles. The molecule has 0 saturated heterocycles. The average molecular weight is 535 g/mol. The van der Waals surface area contributed by atoms with Crippen LogP contribution >= 0.6 is 11.6 Å². The van der Waals surface area contributed by atoms with E-state index in [0.717, 1.165) is 24.0 Å². The second-order valence-electron chi connectivity index (χ2n) is 10.3. The van der Waals surface area contributed by atoms with Gasteiger partial charge in [0.2, 0.25) is 5.88 Å². The molecule has 5 rings (SSSR count). The first kappa shape index (κ1) is 26.0. The zero-order valence-corrected chi connectivity index (χ0v) is 22.7. The molecule has 9 heteroatoms. The number of nitrogens with zero attached hydrogens (tertiary/aromatic N) is 4. The zero-order chi connectivity index (χ0) is 27.0. The zero-order valence-electron chi connectivity index (χ0n) is 22.0. The number of imidazole rings is 1. The second kappa shape index (κ2) is 10.3. The highest BCUT2D eigenvalue weighted by atomic mass is 35.5. The van der Waals surface area contributed by atoms with Gasteiger partial charge in [0.25, 0.3) is 0 Å². The van der Waals surface area contributed by atoms with Gasteiger partial charge in [0.15, 0.2) is 11.2 Å². The summed E-state index contributed by atoms with van der Waals surface area (Å²) < 4.78 is 14.1. The van der Waals surface area contributed by atoms with Gasteiger partial charge in [-0.2, -0.15) is 4.98 Å². The van der Waals surface area contributed by atoms with Crippen molar-refractivity contribution in [1.29, 1.82) is 0 Å². The lowest BCUT2D eigenvalue weighted by Crippen LogP contribution is -2.13. The highest BCUT2D eigenvalue weighted by Crippen LogP contribution is 2.41. The normalized spacial score (nSPS) is 14.9. The van der Waals surface area contributed by atoms with Crippen LogP contribution in [0, 0.1) is 19.8 Å². The van der Waals surface area contributed by atoms with Crippen LogP contribution in [0.2, 0.25) is 5.02 Å². The molecule has 1 N–H and O–H groups in total. The van der Waals surface area contributed by atoms with Crippen molar-refractivity contribution in [3.63, 3.8) is 0 Å². The fraction of sp³-hybridized carbons (Fsp3) is 0.379. The van der Waals surface area contributed by atoms with Crippen molar-refractivity contribution in [3.05, 3.63) is 64.4 Å². The molecule has 1 aliphatic rings. The Morgan fingerprint density at radius 2 is 2.00 bits per heavy atom. The summed E-state index contributed by atoms with van der Waals surface area (Å²) in [5, 5.41) is 9.56. The summed E-state index contributed by atoms with van der Waals surface area (Å²) in [7, 11) is 0. The highest BCUT2D eigenvalue weighted by molar-refractivity contribution is 6.33. The van der Waals surface area contributed by atoms with Crippen molar-refractivity contribution in [1.82, 2.24) is 19.5 Å². The first-order chi connectivity index (χ1) is 18.1. The van der Waals surface area contributed by atoms with E-state index in [9.17, 15) is 4.79 Å². The second-order valence-corrected chi connectivity index (χ2v) is 10.7. The minimum absolute atomic E-state index is 0.215. The SMILES string of the molecule is Cc1cccc(Cn2c(-c3ccc(OCCC(C)C(=O)O)cc3Cl)nc3c(OC4(C)CC4)ncnc32)c1C. The third-order valence-electron chi connectivity index (χ3n) is 7.26. The van der Waals surface area contributed by atoms with Crippen molar-refractivity contribution in [3.8, 4) is 23.0 Å². The van der Waals surface area contributed by atoms with E-state index in [1.165, 1.54) is 17.5 Å². The Labute approximate surface area is 226 Å². The Morgan fingerprint density at radius 3 is 2.71 bits per heavy atom. The smallest absolute Gasteiger partial charge is 0.306 e. The van der Waals surface area contributed by atoms with Crippen molar-refractivity contribution >= 4 is 28.7 Å². The average Bonchev–Trinajstić information content (AvgIpc) is 3.49. The number of benzene rings is 2. The van der Waals surface area contributed by atoms with Crippen LogP contribution in [-0.4, -0.2) is 42.8 Å². The predicted octanol–water partition coefficient (Wildman–Crippen LogP) is 6.23. The van der Waals surface area contributed by atoms with Gasteiger partial charge in [-0.3, -0.25) is 4.79 Å². The van der Waals surface area contributed by atoms with Gasteiger partial charge in [-0.15, -0.1) is 0 Å². The standard InChI is InChI=1S/C29H31ClN4O4/c1-17-6-5-7-20(19(17)3)15-34-25(33-24-26(34)31-16-32-27(24)38-29(4)11-12-29)22-9-8-21(14-23(22)30)37-13-10-18(2)28(35)36/h5-9,14,16,18H,10-13,15H2,1-4H3,(H,35,36). The molecule has 0 radical (unpaired) electrons. The first-order valence-electron chi connectivity index (χ1n) is 12.8. The number of aliphatic carboxylic acids is 1. The fourth-order valence-electron chi connectivity index (χ4n) is 4.25. The van der Waals surface area contributed by atoms with Crippen LogP contribution in [0.1, 0.15) is 49.8 Å². The molecule has 1 aliphatic carbocycles. The molecule has 2 aromatic carbocycles. The van der Waals surface area contributed by atoms with Crippen LogP contribution in [0.15, 0.2) is 42.7 Å². The molecule has 1 fully saturated rings. The van der Waals surface area contributed by atoms with Gasteiger partial charge in [0.1, 0.15) is 23.5 Å². The largest absolute Gasteiger partial charge is 0.494 e. The van der Waals surface area contributed by atoms with Gasteiger partial charge in [0, 0.05) is 5.56 Å². The number of halogens is 1. The lowest BCUT2D eigenvalue weighted by Gasteiger charge is -2.14. The molecule has 0 aliphatic heterocycles. The maximum Gasteiger partial charge on any atom is 0.306 e. The number of carboxylic acids is 1. The van der Waals surface area contributed by atoms with Gasteiger partial charge in [-0.1, -0.05) is 36.7 Å². The van der Waals surface area contributed by atoms with E-state index in [1.54, 1.807) is 13.0 Å². The monoisotopic (exact) mass is 534 g/mol. The minimum atomic E-state index is -0.841. The lowest BCUT2D eigenvalue weighted by molar-refractivity contribution is -0.141. The van der Waals surface area contributed by atoms with E-state index in [0.29, 0.717) is 46.6 Å². The summed E-state index contributed by atoms with van der Waals surface area (Å²) in [4.78, 5) is 25.0. The van der Waals surface area contributed by atoms with Crippen LogP contribution in [0.4, 0.5) is 0 Å². The molecule has 0 spiro atoms. The van der Waals surface area contributed by atoms with Crippen LogP contribution in [-0.2, 0) is 11.3 Å². The van der Waals surface area contributed by atoms with Crippen molar-refractivity contribution in [2.75, 3.05) is 6.61 Å². The van der Waals surface area contributed by atoms with Gasteiger partial charge in [0.05, 0.1) is 24.1 Å². The highest BCUT2D eigenvalue weighted by Gasteiger charge is 2.41. The third-order valence-corrected chi connectivity index (χ3v) is 7.58. The van der Waals surface area contributed by atoms with Crippen molar-refractivity contribution in [2.24, 2.45) is 5.92 Å². The molecule has 0 bridgehead atoms. The molecule has 38 heavy (non-hydrogen) atoms. The third kappa shape index (κ3) is 5.31. The number of fused-ring (bicyclic) bond motifs is 1. The van der Waals surface area contributed by atoms with Crippen LogP contribution < -0.4 is 9.47 Å². The summed E-state index contributed by atoms with van der Waals surface area (Å²) in [6.07, 6.45) is 3.88. The quantitative estimate of drug-likeness (QED) is 0.257. The van der Waals surface area contributed by atoms with E-state index in [1.807, 2.05) is 12.1 Å². The number of aromatic nitrogens is 4. The molecule has 0 amide bonds. The summed E-state index contributed by atoms with van der Waals surface area (Å²) in [6, 6.07) is 11.7. The summed E-state index contributed by atoms with van der Waals surface area (Å²) in [5.74, 6) is 0.374. The maximum atomic E-state index is 11.1. The number of hydrogen-bond donors (Lipinski definition) is 1. The number of carbonyl (C=O) groups is 1. The Balaban J connectivity index is 1.54. The number of carboxylic acid groups (broad SMARTS) is 1. The van der Waals surface area contributed by atoms with Crippen molar-refractivity contribution < 1.29 is 19.4 Å². The number of rotatable bonds is 10. The molecule has 1 unspecified atom stereocenters. The molecule has 1 atom stereocenters. The lowest BCUT2D eigenvalue weighted by atomic mass is 10.0. The van der Waals surface area contributed by atoms with E-state index in [4.69, 9.17) is 31.2 Å². The molecular formula is C29H31ClN4O4. The predicted molar refractivity (Wildman–Crippen MR) is 146 cm³/mol. The van der Waals surface area contributed by atoms with E-state index in [-0.39, 0.29) is 12.2 Å². The van der Waals surface area contributed by atoms with Crippen LogP contribution in [0.3, 0.4) is 0 Å². The fourth-order valence-corrected chi connectivity index (χ4v) is 4.51. The first-order valence-corrected chi connectivity index (χ1v) is 13.1. The number of aryl methyl sites for hydroxylation is 1. The van der Waals surface area contributed by atoms with E-state index in [2.05, 4.69) is 53.5 Å². The summed E-state index contributed by atoms with van der Waals surface area (Å²) >= 11 is 6.78. The Bertz CT molecular complexity index is 1510. The minimum Gasteiger partial charge on any atom is -0.494 e. The Morgan fingerprint density at radius 1 is 1.21 bits per heavy atom. The molecule has 1 saturated carbocycles. The van der Waals surface area contributed by atoms with Crippen LogP contribution in [0.5, 0.6) is 11.6 Å². The van der Waals surface area contributed by atoms with Crippen LogP contribution in [0.25, 0.3) is 22.6 Å². The van der Waals surface area contributed by atoms with Gasteiger partial charge < -0.3 is 19.1 Å². The molecule has 4 aromatic rings. The van der Waals surface area contributed by atoms with Gasteiger partial charge in [-0.25, -0.2) is 9.97 Å². The number of hydrogen-bond acceptors (Lipinski definition) is 6. The summed E-state index contributed by atoms with van der Waals surface area (Å²) in [5.41, 5.74) is 5.36. The maximum absolute atomic E-state index is 11.1. The van der Waals surface area contributed by atoms with E-state index >= 15 is 0 Å². The molecule has 2 aromatic heterocycles. The Kier molecular flexibility index (Phi) is 7.01. The molecule has 8 nitrogen and oxygen atoms in total. The Hall–Kier alpha value is -3.65. The molecular weight excluding hydrogens is 504 g/mol.